The van der Waals surface area contributed by atoms with Gasteiger partial charge in [-0.15, -0.1) is 0 Å². The molecule has 0 spiro atoms. The Bertz CT molecular complexity index is 382. The summed E-state index contributed by atoms with van der Waals surface area (Å²) >= 11 is 0. The number of nitrogens with zero attached hydrogens (tertiary/aromatic N) is 1. The molecule has 1 aromatic rings. The third-order valence-corrected chi connectivity index (χ3v) is 1.75. The topological polar surface area (TPSA) is 52.4 Å². The standard InChI is InChI=1S/C9H9F2NO3/c1-2-15-5-6-3-7(10)4-8(11)9(6)12(13)14/h3-4H,2,5H2,1H3. The van der Waals surface area contributed by atoms with E-state index < -0.39 is 22.2 Å². The summed E-state index contributed by atoms with van der Waals surface area (Å²) < 4.78 is 30.7. The molecule has 0 fully saturated rings. The first-order valence-corrected chi connectivity index (χ1v) is 4.26. The van der Waals surface area contributed by atoms with Crippen LogP contribution in [0.4, 0.5) is 14.5 Å². The first-order chi connectivity index (χ1) is 7.06. The molecule has 1 aromatic carbocycles. The molecule has 0 amide bonds. The molecule has 0 saturated heterocycles. The molecular weight excluding hydrogens is 208 g/mol. The van der Waals surface area contributed by atoms with E-state index in [9.17, 15) is 18.9 Å². The van der Waals surface area contributed by atoms with Crippen molar-refractivity contribution in [1.29, 1.82) is 0 Å². The molecule has 0 heterocycles. The number of nitro benzene ring substituents is 1. The number of benzene rings is 1. The van der Waals surface area contributed by atoms with Gasteiger partial charge in [0.15, 0.2) is 0 Å². The van der Waals surface area contributed by atoms with Crippen molar-refractivity contribution in [3.63, 3.8) is 0 Å². The number of ether oxygens (including phenoxy) is 1. The predicted octanol–water partition coefficient (Wildman–Crippen LogP) is 2.41. The van der Waals surface area contributed by atoms with Gasteiger partial charge in [-0.1, -0.05) is 0 Å². The molecule has 0 aromatic heterocycles. The number of halogens is 2. The highest BCUT2D eigenvalue weighted by Crippen LogP contribution is 2.24. The maximum Gasteiger partial charge on any atom is 0.310 e. The van der Waals surface area contributed by atoms with Crippen molar-refractivity contribution in [2.45, 2.75) is 13.5 Å². The summed E-state index contributed by atoms with van der Waals surface area (Å²) in [6.07, 6.45) is 0. The van der Waals surface area contributed by atoms with E-state index in [1.165, 1.54) is 0 Å². The Labute approximate surface area is 84.6 Å². The monoisotopic (exact) mass is 217 g/mol. The van der Waals surface area contributed by atoms with E-state index >= 15 is 0 Å². The third-order valence-electron chi connectivity index (χ3n) is 1.75. The van der Waals surface area contributed by atoms with Gasteiger partial charge in [-0.3, -0.25) is 10.1 Å². The van der Waals surface area contributed by atoms with Gasteiger partial charge in [0.25, 0.3) is 0 Å². The molecule has 0 unspecified atom stereocenters. The molecule has 1 rings (SSSR count). The number of nitro groups is 1. The summed E-state index contributed by atoms with van der Waals surface area (Å²) in [6.45, 7) is 1.82. The Morgan fingerprint density at radius 1 is 1.47 bits per heavy atom. The number of hydrogen-bond acceptors (Lipinski definition) is 3. The number of rotatable bonds is 4. The molecule has 6 heteroatoms. The van der Waals surface area contributed by atoms with Crippen molar-refractivity contribution in [2.75, 3.05) is 6.61 Å². The predicted molar refractivity (Wildman–Crippen MR) is 48.3 cm³/mol. The lowest BCUT2D eigenvalue weighted by molar-refractivity contribution is -0.388. The van der Waals surface area contributed by atoms with Gasteiger partial charge >= 0.3 is 5.69 Å². The molecule has 0 atom stereocenters. The lowest BCUT2D eigenvalue weighted by Gasteiger charge is -2.04. The second kappa shape index (κ2) is 4.79. The zero-order valence-corrected chi connectivity index (χ0v) is 8.00. The molecule has 15 heavy (non-hydrogen) atoms. The third kappa shape index (κ3) is 2.69. The summed E-state index contributed by atoms with van der Waals surface area (Å²) in [5, 5.41) is 10.5. The smallest absolute Gasteiger partial charge is 0.310 e. The van der Waals surface area contributed by atoms with E-state index in [0.717, 1.165) is 6.07 Å². The van der Waals surface area contributed by atoms with Gasteiger partial charge < -0.3 is 4.74 Å². The van der Waals surface area contributed by atoms with Crippen LogP contribution in [0.5, 0.6) is 0 Å². The largest absolute Gasteiger partial charge is 0.377 e. The van der Waals surface area contributed by atoms with Crippen LogP contribution in [0.2, 0.25) is 0 Å². The first kappa shape index (κ1) is 11.5. The van der Waals surface area contributed by atoms with Gasteiger partial charge in [-0.05, 0) is 13.0 Å². The van der Waals surface area contributed by atoms with E-state index in [1.54, 1.807) is 6.92 Å². The summed E-state index contributed by atoms with van der Waals surface area (Å²) in [4.78, 5) is 9.62. The van der Waals surface area contributed by atoms with Crippen molar-refractivity contribution in [3.05, 3.63) is 39.4 Å². The average molecular weight is 217 g/mol. The molecule has 0 aliphatic heterocycles. The normalized spacial score (nSPS) is 10.3. The Morgan fingerprint density at radius 3 is 2.67 bits per heavy atom. The van der Waals surface area contributed by atoms with Crippen LogP contribution in [-0.4, -0.2) is 11.5 Å². The average Bonchev–Trinajstić information content (AvgIpc) is 2.12. The second-order valence-electron chi connectivity index (χ2n) is 2.79. The SMILES string of the molecule is CCOCc1cc(F)cc(F)c1[N+](=O)[O-]. The van der Waals surface area contributed by atoms with Gasteiger partial charge in [0.2, 0.25) is 5.82 Å². The highest BCUT2D eigenvalue weighted by atomic mass is 19.1. The van der Waals surface area contributed by atoms with Crippen LogP contribution < -0.4 is 0 Å². The maximum atomic E-state index is 13.1. The van der Waals surface area contributed by atoms with E-state index in [2.05, 4.69) is 0 Å². The van der Waals surface area contributed by atoms with Crippen molar-refractivity contribution in [1.82, 2.24) is 0 Å². The summed E-state index contributed by atoms with van der Waals surface area (Å²) in [5.74, 6) is -2.04. The number of hydrogen-bond donors (Lipinski definition) is 0. The molecular formula is C9H9F2NO3. The van der Waals surface area contributed by atoms with Crippen LogP contribution >= 0.6 is 0 Å². The van der Waals surface area contributed by atoms with Crippen LogP contribution in [0.3, 0.4) is 0 Å². The van der Waals surface area contributed by atoms with E-state index in [-0.39, 0.29) is 12.2 Å². The molecule has 0 bridgehead atoms. The summed E-state index contributed by atoms with van der Waals surface area (Å²) in [6, 6.07) is 1.38. The van der Waals surface area contributed by atoms with Crippen molar-refractivity contribution < 1.29 is 18.4 Å². The molecule has 0 radical (unpaired) electrons. The lowest BCUT2D eigenvalue weighted by Crippen LogP contribution is -2.02. The fourth-order valence-corrected chi connectivity index (χ4v) is 1.15. The molecule has 4 nitrogen and oxygen atoms in total. The van der Waals surface area contributed by atoms with Crippen LogP contribution in [-0.2, 0) is 11.3 Å². The second-order valence-corrected chi connectivity index (χ2v) is 2.79. The molecule has 0 aliphatic rings. The summed E-state index contributed by atoms with van der Waals surface area (Å²) in [5.41, 5.74) is -0.829. The van der Waals surface area contributed by atoms with E-state index in [4.69, 9.17) is 4.74 Å². The minimum atomic E-state index is -1.19. The summed E-state index contributed by atoms with van der Waals surface area (Å²) in [7, 11) is 0. The molecule has 0 aliphatic carbocycles. The quantitative estimate of drug-likeness (QED) is 0.574. The van der Waals surface area contributed by atoms with Crippen molar-refractivity contribution in [3.8, 4) is 0 Å². The van der Waals surface area contributed by atoms with Gasteiger partial charge in [0, 0.05) is 12.7 Å². The van der Waals surface area contributed by atoms with Crippen LogP contribution in [0.15, 0.2) is 12.1 Å². The fraction of sp³-hybridized carbons (Fsp3) is 0.333. The molecule has 82 valence electrons. The lowest BCUT2D eigenvalue weighted by atomic mass is 10.2. The zero-order valence-electron chi connectivity index (χ0n) is 8.00. The highest BCUT2D eigenvalue weighted by molar-refractivity contribution is 5.41. The maximum absolute atomic E-state index is 13.1. The first-order valence-electron chi connectivity index (χ1n) is 4.26. The van der Waals surface area contributed by atoms with Crippen LogP contribution in [0.1, 0.15) is 12.5 Å². The van der Waals surface area contributed by atoms with Crippen molar-refractivity contribution >= 4 is 5.69 Å². The van der Waals surface area contributed by atoms with E-state index in [1.807, 2.05) is 0 Å². The van der Waals surface area contributed by atoms with Crippen LogP contribution in [0, 0.1) is 21.7 Å². The van der Waals surface area contributed by atoms with Gasteiger partial charge in [-0.2, -0.15) is 4.39 Å². The Morgan fingerprint density at radius 2 is 2.13 bits per heavy atom. The Balaban J connectivity index is 3.14. The minimum absolute atomic E-state index is 0.0978. The minimum Gasteiger partial charge on any atom is -0.377 e. The molecule has 0 N–H and O–H groups in total. The fourth-order valence-electron chi connectivity index (χ4n) is 1.15. The van der Waals surface area contributed by atoms with E-state index in [0.29, 0.717) is 12.7 Å². The van der Waals surface area contributed by atoms with Crippen LogP contribution in [0.25, 0.3) is 0 Å². The van der Waals surface area contributed by atoms with Gasteiger partial charge in [0.05, 0.1) is 17.1 Å². The van der Waals surface area contributed by atoms with Gasteiger partial charge in [-0.25, -0.2) is 4.39 Å². The Hall–Kier alpha value is -1.56. The highest BCUT2D eigenvalue weighted by Gasteiger charge is 2.21. The zero-order chi connectivity index (χ0) is 11.4. The van der Waals surface area contributed by atoms with Gasteiger partial charge in [0.1, 0.15) is 5.82 Å². The molecule has 0 saturated carbocycles. The van der Waals surface area contributed by atoms with Crippen molar-refractivity contribution in [2.24, 2.45) is 0 Å². The Kier molecular flexibility index (Phi) is 3.68.